The molecular formula is C19H20N2O2. The van der Waals surface area contributed by atoms with Crippen molar-refractivity contribution in [2.24, 2.45) is 0 Å². The van der Waals surface area contributed by atoms with Crippen LogP contribution in [0.5, 0.6) is 0 Å². The van der Waals surface area contributed by atoms with Crippen LogP contribution < -0.4 is 4.90 Å². The lowest BCUT2D eigenvalue weighted by Gasteiger charge is -2.34. The van der Waals surface area contributed by atoms with Crippen LogP contribution in [-0.4, -0.2) is 11.5 Å². The summed E-state index contributed by atoms with van der Waals surface area (Å²) in [7, 11) is 0. The predicted octanol–water partition coefficient (Wildman–Crippen LogP) is 4.95. The second kappa shape index (κ2) is 5.37. The van der Waals surface area contributed by atoms with Gasteiger partial charge in [-0.05, 0) is 30.5 Å². The van der Waals surface area contributed by atoms with Crippen molar-refractivity contribution in [3.05, 3.63) is 64.2 Å². The van der Waals surface area contributed by atoms with Gasteiger partial charge < -0.3 is 4.90 Å². The zero-order valence-electron chi connectivity index (χ0n) is 13.1. The van der Waals surface area contributed by atoms with E-state index in [0.717, 1.165) is 12.2 Å². The first-order valence-electron chi connectivity index (χ1n) is 8.32. The normalized spacial score (nSPS) is 18.9. The van der Waals surface area contributed by atoms with Crippen LogP contribution in [-0.2, 0) is 5.41 Å². The Labute approximate surface area is 135 Å². The molecule has 2 aromatic carbocycles. The van der Waals surface area contributed by atoms with Crippen LogP contribution in [0.1, 0.15) is 37.7 Å². The van der Waals surface area contributed by atoms with Crippen LogP contribution >= 0.6 is 0 Å². The summed E-state index contributed by atoms with van der Waals surface area (Å²) in [5, 5.41) is 11.4. The average molecular weight is 308 g/mol. The Morgan fingerprint density at radius 2 is 1.57 bits per heavy atom. The first-order valence-corrected chi connectivity index (χ1v) is 8.32. The lowest BCUT2D eigenvalue weighted by Crippen LogP contribution is -2.33. The van der Waals surface area contributed by atoms with E-state index in [1.165, 1.54) is 37.7 Å². The highest BCUT2D eigenvalue weighted by molar-refractivity contribution is 5.78. The molecule has 1 heterocycles. The molecule has 0 aromatic heterocycles. The molecule has 2 aromatic rings. The van der Waals surface area contributed by atoms with Gasteiger partial charge in [0.1, 0.15) is 5.69 Å². The third-order valence-corrected chi connectivity index (χ3v) is 5.41. The smallest absolute Gasteiger partial charge is 0.292 e. The minimum absolute atomic E-state index is 0.165. The molecule has 4 rings (SSSR count). The quantitative estimate of drug-likeness (QED) is 0.582. The van der Waals surface area contributed by atoms with E-state index >= 15 is 0 Å². The fraction of sp³-hybridized carbons (Fsp3) is 0.368. The van der Waals surface area contributed by atoms with E-state index in [9.17, 15) is 10.1 Å². The molecule has 4 nitrogen and oxygen atoms in total. The maximum atomic E-state index is 11.4. The molecule has 2 aliphatic rings. The molecule has 0 amide bonds. The Kier molecular flexibility index (Phi) is 3.33. The molecule has 1 fully saturated rings. The molecule has 118 valence electrons. The summed E-state index contributed by atoms with van der Waals surface area (Å²) in [6.45, 7) is 0.858. The van der Waals surface area contributed by atoms with Crippen molar-refractivity contribution in [3.8, 4) is 0 Å². The van der Waals surface area contributed by atoms with Gasteiger partial charge in [0, 0.05) is 23.7 Å². The van der Waals surface area contributed by atoms with E-state index in [4.69, 9.17) is 0 Å². The van der Waals surface area contributed by atoms with Gasteiger partial charge >= 0.3 is 0 Å². The molecular weight excluding hydrogens is 288 g/mol. The molecule has 1 spiro atoms. The number of fused-ring (bicyclic) bond motifs is 2. The van der Waals surface area contributed by atoms with Gasteiger partial charge in [0.05, 0.1) is 4.92 Å². The minimum Gasteiger partial charge on any atom is -0.335 e. The third-order valence-electron chi connectivity index (χ3n) is 5.41. The van der Waals surface area contributed by atoms with E-state index in [-0.39, 0.29) is 16.0 Å². The van der Waals surface area contributed by atoms with Crippen LogP contribution in [0.3, 0.4) is 0 Å². The molecule has 1 aliphatic carbocycles. The molecule has 0 saturated heterocycles. The zero-order chi connectivity index (χ0) is 15.9. The maximum absolute atomic E-state index is 11.4. The molecule has 0 unspecified atom stereocenters. The fourth-order valence-electron chi connectivity index (χ4n) is 4.35. The summed E-state index contributed by atoms with van der Waals surface area (Å²) in [5.41, 5.74) is 3.59. The number of hydrogen-bond acceptors (Lipinski definition) is 3. The van der Waals surface area contributed by atoms with Gasteiger partial charge in [-0.25, -0.2) is 0 Å². The Morgan fingerprint density at radius 1 is 0.913 bits per heavy atom. The van der Waals surface area contributed by atoms with Crippen molar-refractivity contribution >= 4 is 17.1 Å². The molecule has 23 heavy (non-hydrogen) atoms. The van der Waals surface area contributed by atoms with Crippen molar-refractivity contribution < 1.29 is 4.92 Å². The Bertz CT molecular complexity index is 751. The predicted molar refractivity (Wildman–Crippen MR) is 91.3 cm³/mol. The highest BCUT2D eigenvalue weighted by Gasteiger charge is 2.44. The monoisotopic (exact) mass is 308 g/mol. The van der Waals surface area contributed by atoms with Gasteiger partial charge in [0.2, 0.25) is 0 Å². The van der Waals surface area contributed by atoms with E-state index in [1.807, 2.05) is 18.2 Å². The number of benzene rings is 2. The fourth-order valence-corrected chi connectivity index (χ4v) is 4.35. The van der Waals surface area contributed by atoms with E-state index < -0.39 is 0 Å². The maximum Gasteiger partial charge on any atom is 0.292 e. The zero-order valence-corrected chi connectivity index (χ0v) is 13.1. The van der Waals surface area contributed by atoms with Gasteiger partial charge in [-0.3, -0.25) is 10.1 Å². The number of nitrogens with zero attached hydrogens (tertiary/aromatic N) is 2. The Balaban J connectivity index is 1.84. The Morgan fingerprint density at radius 3 is 2.30 bits per heavy atom. The highest BCUT2D eigenvalue weighted by atomic mass is 16.6. The number of anilines is 2. The van der Waals surface area contributed by atoms with Gasteiger partial charge in [0.25, 0.3) is 5.69 Å². The van der Waals surface area contributed by atoms with Crippen molar-refractivity contribution in [2.75, 3.05) is 11.4 Å². The molecule has 1 saturated carbocycles. The summed E-state index contributed by atoms with van der Waals surface area (Å²) in [6, 6.07) is 15.5. The number of nitro groups is 1. The molecule has 0 bridgehead atoms. The van der Waals surface area contributed by atoms with Crippen LogP contribution in [0, 0.1) is 10.1 Å². The van der Waals surface area contributed by atoms with E-state index in [2.05, 4.69) is 23.1 Å². The van der Waals surface area contributed by atoms with Crippen molar-refractivity contribution in [1.29, 1.82) is 0 Å². The number of hydrogen-bond donors (Lipinski definition) is 0. The molecule has 0 radical (unpaired) electrons. The molecule has 1 aliphatic heterocycles. The summed E-state index contributed by atoms with van der Waals surface area (Å²) in [6.07, 6.45) is 6.16. The van der Waals surface area contributed by atoms with Gasteiger partial charge in [-0.15, -0.1) is 0 Å². The second-order valence-electron chi connectivity index (χ2n) is 6.69. The summed E-state index contributed by atoms with van der Waals surface area (Å²) in [4.78, 5) is 13.3. The third kappa shape index (κ3) is 2.21. The van der Waals surface area contributed by atoms with Crippen molar-refractivity contribution in [1.82, 2.24) is 0 Å². The second-order valence-corrected chi connectivity index (χ2v) is 6.69. The minimum atomic E-state index is -0.274. The van der Waals surface area contributed by atoms with E-state index in [1.54, 1.807) is 12.1 Å². The van der Waals surface area contributed by atoms with Gasteiger partial charge in [-0.1, -0.05) is 49.6 Å². The van der Waals surface area contributed by atoms with Crippen LogP contribution in [0.25, 0.3) is 0 Å². The SMILES string of the molecule is O=[N+]([O-])c1ccccc1N1CC2(CCCCC2)c2ccccc21. The van der Waals surface area contributed by atoms with Crippen molar-refractivity contribution in [2.45, 2.75) is 37.5 Å². The summed E-state index contributed by atoms with van der Waals surface area (Å²) in [5.74, 6) is 0. The summed E-state index contributed by atoms with van der Waals surface area (Å²) >= 11 is 0. The largest absolute Gasteiger partial charge is 0.335 e. The average Bonchev–Trinajstić information content (AvgIpc) is 2.90. The van der Waals surface area contributed by atoms with Gasteiger partial charge in [-0.2, -0.15) is 0 Å². The van der Waals surface area contributed by atoms with Gasteiger partial charge in [0.15, 0.2) is 0 Å². The van der Waals surface area contributed by atoms with Crippen LogP contribution in [0.4, 0.5) is 17.1 Å². The standard InChI is InChI=1S/C19H20N2O2/c22-21(23)18-11-5-4-10-17(18)20-14-19(12-6-1-7-13-19)15-8-2-3-9-16(15)20/h2-5,8-11H,1,6-7,12-14H2. The molecule has 4 heteroatoms. The first-order chi connectivity index (χ1) is 11.2. The van der Waals surface area contributed by atoms with Crippen LogP contribution in [0.2, 0.25) is 0 Å². The van der Waals surface area contributed by atoms with Crippen LogP contribution in [0.15, 0.2) is 48.5 Å². The van der Waals surface area contributed by atoms with Crippen molar-refractivity contribution in [3.63, 3.8) is 0 Å². The lowest BCUT2D eigenvalue weighted by molar-refractivity contribution is -0.384. The number of nitro benzene ring substituents is 1. The first kappa shape index (κ1) is 14.2. The number of rotatable bonds is 2. The lowest BCUT2D eigenvalue weighted by atomic mass is 9.71. The number of para-hydroxylation sites is 3. The molecule has 0 atom stereocenters. The Hall–Kier alpha value is -2.36. The topological polar surface area (TPSA) is 46.4 Å². The summed E-state index contributed by atoms with van der Waals surface area (Å²) < 4.78 is 0. The van der Waals surface area contributed by atoms with E-state index in [0.29, 0.717) is 5.69 Å². The molecule has 0 N–H and O–H groups in total. The highest BCUT2D eigenvalue weighted by Crippen LogP contribution is 2.52.